The van der Waals surface area contributed by atoms with Crippen molar-refractivity contribution < 1.29 is 9.53 Å². The maximum absolute atomic E-state index is 11.9. The number of nitrogens with one attached hydrogen (secondary N) is 1. The minimum absolute atomic E-state index is 0. The molecule has 1 unspecified atom stereocenters. The summed E-state index contributed by atoms with van der Waals surface area (Å²) in [6.45, 7) is 7.78. The Morgan fingerprint density at radius 1 is 1.39 bits per heavy atom. The SMILES string of the molecule is CCNC(=NCCCCSC)N1CCCC(C(=O)OCC)C1.I. The van der Waals surface area contributed by atoms with Crippen LogP contribution in [0.5, 0.6) is 0 Å². The highest BCUT2D eigenvalue weighted by Crippen LogP contribution is 2.18. The Bertz CT molecular complexity index is 356. The Hall–Kier alpha value is -0.180. The molecule has 1 aliphatic heterocycles. The van der Waals surface area contributed by atoms with Gasteiger partial charge >= 0.3 is 5.97 Å². The largest absolute Gasteiger partial charge is 0.466 e. The molecule has 0 bridgehead atoms. The molecule has 5 nitrogen and oxygen atoms in total. The van der Waals surface area contributed by atoms with Gasteiger partial charge in [-0.3, -0.25) is 9.79 Å². The minimum atomic E-state index is -0.0666. The van der Waals surface area contributed by atoms with Gasteiger partial charge in [-0.1, -0.05) is 0 Å². The second-order valence-electron chi connectivity index (χ2n) is 5.47. The molecule has 0 aliphatic carbocycles. The van der Waals surface area contributed by atoms with E-state index in [9.17, 15) is 4.79 Å². The lowest BCUT2D eigenvalue weighted by molar-refractivity contribution is -0.149. The zero-order valence-corrected chi connectivity index (χ0v) is 17.8. The molecule has 1 saturated heterocycles. The standard InChI is InChI=1S/C16H31N3O2S.HI/c1-4-17-16(18-10-6-7-12-22-3)19-11-8-9-14(13-19)15(20)21-5-2;/h14H,4-13H2,1-3H3,(H,17,18);1H. The van der Waals surface area contributed by atoms with Crippen LogP contribution in [0.4, 0.5) is 0 Å². The number of hydrogen-bond acceptors (Lipinski definition) is 4. The van der Waals surface area contributed by atoms with Crippen LogP contribution in [-0.2, 0) is 9.53 Å². The molecule has 7 heteroatoms. The van der Waals surface area contributed by atoms with E-state index in [2.05, 4.69) is 23.4 Å². The van der Waals surface area contributed by atoms with E-state index in [1.807, 2.05) is 18.7 Å². The van der Waals surface area contributed by atoms with Gasteiger partial charge < -0.3 is 15.0 Å². The Kier molecular flexibility index (Phi) is 14.1. The topological polar surface area (TPSA) is 53.9 Å². The first-order valence-electron chi connectivity index (χ1n) is 8.41. The first kappa shape index (κ1) is 22.8. The third kappa shape index (κ3) is 9.02. The minimum Gasteiger partial charge on any atom is -0.466 e. The second-order valence-corrected chi connectivity index (χ2v) is 6.46. The number of unbranched alkanes of at least 4 members (excludes halogenated alkanes) is 1. The lowest BCUT2D eigenvalue weighted by Crippen LogP contribution is -2.48. The van der Waals surface area contributed by atoms with Crippen LogP contribution in [-0.4, -0.2) is 61.6 Å². The van der Waals surface area contributed by atoms with Gasteiger partial charge in [0.25, 0.3) is 0 Å². The molecule has 136 valence electrons. The molecule has 0 saturated carbocycles. The third-order valence-electron chi connectivity index (χ3n) is 3.69. The van der Waals surface area contributed by atoms with Gasteiger partial charge in [0.1, 0.15) is 0 Å². The summed E-state index contributed by atoms with van der Waals surface area (Å²) in [5.41, 5.74) is 0. The highest BCUT2D eigenvalue weighted by Gasteiger charge is 2.28. The van der Waals surface area contributed by atoms with Crippen LogP contribution in [0, 0.1) is 5.92 Å². The monoisotopic (exact) mass is 457 g/mol. The molecule has 1 rings (SSSR count). The molecular weight excluding hydrogens is 425 g/mol. The number of aliphatic imine (C=N–C) groups is 1. The van der Waals surface area contributed by atoms with Gasteiger partial charge in [-0.05, 0) is 51.5 Å². The normalized spacial score (nSPS) is 18.3. The Morgan fingerprint density at radius 2 is 2.17 bits per heavy atom. The highest BCUT2D eigenvalue weighted by molar-refractivity contribution is 14.0. The van der Waals surface area contributed by atoms with Crippen molar-refractivity contribution in [2.45, 2.75) is 39.5 Å². The van der Waals surface area contributed by atoms with Gasteiger partial charge in [0.2, 0.25) is 0 Å². The molecular formula is C16H32IN3O2S. The molecule has 1 fully saturated rings. The number of rotatable bonds is 8. The van der Waals surface area contributed by atoms with Crippen LogP contribution in [0.1, 0.15) is 39.5 Å². The number of likely N-dealkylation sites (tertiary alicyclic amines) is 1. The Labute approximate surface area is 162 Å². The van der Waals surface area contributed by atoms with E-state index in [0.29, 0.717) is 6.61 Å². The molecule has 1 heterocycles. The lowest BCUT2D eigenvalue weighted by Gasteiger charge is -2.34. The number of ether oxygens (including phenoxy) is 1. The predicted octanol–water partition coefficient (Wildman–Crippen LogP) is 2.99. The van der Waals surface area contributed by atoms with Crippen LogP contribution in [0.3, 0.4) is 0 Å². The first-order valence-corrected chi connectivity index (χ1v) is 9.81. The Balaban J connectivity index is 0.00000484. The number of halogens is 1. The second kappa shape index (κ2) is 14.2. The van der Waals surface area contributed by atoms with E-state index in [0.717, 1.165) is 51.4 Å². The van der Waals surface area contributed by atoms with Crippen LogP contribution < -0.4 is 5.32 Å². The summed E-state index contributed by atoms with van der Waals surface area (Å²) in [7, 11) is 0. The zero-order valence-electron chi connectivity index (χ0n) is 14.7. The summed E-state index contributed by atoms with van der Waals surface area (Å²) >= 11 is 1.88. The summed E-state index contributed by atoms with van der Waals surface area (Å²) in [6.07, 6.45) is 6.39. The van der Waals surface area contributed by atoms with Crippen molar-refractivity contribution in [2.24, 2.45) is 10.9 Å². The van der Waals surface area contributed by atoms with Crippen molar-refractivity contribution >= 4 is 47.7 Å². The number of nitrogens with zero attached hydrogens (tertiary/aromatic N) is 2. The lowest BCUT2D eigenvalue weighted by atomic mass is 9.98. The fraction of sp³-hybridized carbons (Fsp3) is 0.875. The van der Waals surface area contributed by atoms with Crippen LogP contribution in [0.2, 0.25) is 0 Å². The quantitative estimate of drug-likeness (QED) is 0.200. The van der Waals surface area contributed by atoms with Crippen molar-refractivity contribution in [1.29, 1.82) is 0 Å². The average Bonchev–Trinajstić information content (AvgIpc) is 2.54. The molecule has 1 aliphatic rings. The van der Waals surface area contributed by atoms with Gasteiger partial charge in [-0.2, -0.15) is 11.8 Å². The first-order chi connectivity index (χ1) is 10.7. The van der Waals surface area contributed by atoms with Crippen molar-refractivity contribution in [2.75, 3.05) is 44.8 Å². The number of esters is 1. The van der Waals surface area contributed by atoms with E-state index >= 15 is 0 Å². The van der Waals surface area contributed by atoms with Crippen molar-refractivity contribution in [3.63, 3.8) is 0 Å². The molecule has 0 radical (unpaired) electrons. The summed E-state index contributed by atoms with van der Waals surface area (Å²) in [5, 5.41) is 3.35. The number of carbonyl (C=O) groups excluding carboxylic acids is 1. The zero-order chi connectivity index (χ0) is 16.2. The van der Waals surface area contributed by atoms with E-state index in [-0.39, 0.29) is 35.9 Å². The summed E-state index contributed by atoms with van der Waals surface area (Å²) in [5.74, 6) is 2.05. The molecule has 1 atom stereocenters. The van der Waals surface area contributed by atoms with Gasteiger partial charge in [0, 0.05) is 26.2 Å². The average molecular weight is 457 g/mol. The smallest absolute Gasteiger partial charge is 0.310 e. The van der Waals surface area contributed by atoms with Crippen LogP contribution >= 0.6 is 35.7 Å². The molecule has 0 spiro atoms. The van der Waals surface area contributed by atoms with Crippen molar-refractivity contribution in [1.82, 2.24) is 10.2 Å². The van der Waals surface area contributed by atoms with Gasteiger partial charge in [0.05, 0.1) is 12.5 Å². The van der Waals surface area contributed by atoms with Gasteiger partial charge in [0.15, 0.2) is 5.96 Å². The molecule has 1 N–H and O–H groups in total. The molecule has 0 aromatic carbocycles. The number of piperidine rings is 1. The number of guanidine groups is 1. The summed E-state index contributed by atoms with van der Waals surface area (Å²) < 4.78 is 5.17. The summed E-state index contributed by atoms with van der Waals surface area (Å²) in [4.78, 5) is 18.9. The molecule has 0 aromatic heterocycles. The predicted molar refractivity (Wildman–Crippen MR) is 110 cm³/mol. The fourth-order valence-electron chi connectivity index (χ4n) is 2.59. The van der Waals surface area contributed by atoms with E-state index in [4.69, 9.17) is 9.73 Å². The highest BCUT2D eigenvalue weighted by atomic mass is 127. The van der Waals surface area contributed by atoms with Crippen LogP contribution in [0.15, 0.2) is 4.99 Å². The molecule has 0 aromatic rings. The van der Waals surface area contributed by atoms with E-state index in [1.165, 1.54) is 12.2 Å². The number of hydrogen-bond donors (Lipinski definition) is 1. The van der Waals surface area contributed by atoms with Gasteiger partial charge in [-0.15, -0.1) is 24.0 Å². The van der Waals surface area contributed by atoms with E-state index in [1.54, 1.807) is 0 Å². The summed E-state index contributed by atoms with van der Waals surface area (Å²) in [6, 6.07) is 0. The molecule has 0 amide bonds. The van der Waals surface area contributed by atoms with Gasteiger partial charge in [-0.25, -0.2) is 0 Å². The third-order valence-corrected chi connectivity index (χ3v) is 4.39. The van der Waals surface area contributed by atoms with Crippen molar-refractivity contribution in [3.8, 4) is 0 Å². The van der Waals surface area contributed by atoms with E-state index < -0.39 is 0 Å². The number of thioether (sulfide) groups is 1. The fourth-order valence-corrected chi connectivity index (χ4v) is 3.08. The van der Waals surface area contributed by atoms with Crippen molar-refractivity contribution in [3.05, 3.63) is 0 Å². The maximum Gasteiger partial charge on any atom is 0.310 e. The maximum atomic E-state index is 11.9. The molecule has 23 heavy (non-hydrogen) atoms. The Morgan fingerprint density at radius 3 is 2.83 bits per heavy atom. The number of carbonyl (C=O) groups is 1. The van der Waals surface area contributed by atoms with Crippen LogP contribution in [0.25, 0.3) is 0 Å².